The molecule has 1 N–H and O–H groups in total. The Morgan fingerprint density at radius 2 is 2.19 bits per heavy atom. The molecule has 0 aliphatic carbocycles. The highest BCUT2D eigenvalue weighted by Gasteiger charge is 2.25. The van der Waals surface area contributed by atoms with Crippen LogP contribution >= 0.6 is 0 Å². The molecule has 0 bridgehead atoms. The first-order valence-electron chi connectivity index (χ1n) is 5.59. The lowest BCUT2D eigenvalue weighted by Crippen LogP contribution is -2.26. The second-order valence-corrected chi connectivity index (χ2v) is 6.38. The standard InChI is InChI=1S/C10H17N3O2S/c1-2-11-10-12-5-6-13(10)9-3-7-16(14,15)8-4-9/h5-6,9H,2-4,7-8H2,1H3,(H,11,12). The van der Waals surface area contributed by atoms with Gasteiger partial charge in [-0.3, -0.25) is 0 Å². The number of aromatic nitrogens is 2. The van der Waals surface area contributed by atoms with Crippen LogP contribution in [0.4, 0.5) is 5.95 Å². The van der Waals surface area contributed by atoms with E-state index in [2.05, 4.69) is 14.9 Å². The molecule has 90 valence electrons. The highest BCUT2D eigenvalue weighted by Crippen LogP contribution is 2.26. The minimum Gasteiger partial charge on any atom is -0.356 e. The Morgan fingerprint density at radius 1 is 1.50 bits per heavy atom. The quantitative estimate of drug-likeness (QED) is 0.862. The summed E-state index contributed by atoms with van der Waals surface area (Å²) in [6, 6.07) is 0.264. The number of nitrogens with one attached hydrogen (secondary N) is 1. The summed E-state index contributed by atoms with van der Waals surface area (Å²) in [5.41, 5.74) is 0. The van der Waals surface area contributed by atoms with Gasteiger partial charge in [-0.1, -0.05) is 0 Å². The molecule has 16 heavy (non-hydrogen) atoms. The van der Waals surface area contributed by atoms with E-state index in [0.717, 1.165) is 12.5 Å². The molecule has 1 aliphatic heterocycles. The van der Waals surface area contributed by atoms with Gasteiger partial charge in [0.05, 0.1) is 11.5 Å². The molecule has 1 saturated heterocycles. The summed E-state index contributed by atoms with van der Waals surface area (Å²) in [4.78, 5) is 4.22. The first-order chi connectivity index (χ1) is 7.62. The van der Waals surface area contributed by atoms with Crippen LogP contribution in [-0.2, 0) is 9.84 Å². The molecule has 6 heteroatoms. The average Bonchev–Trinajstić information content (AvgIpc) is 2.67. The largest absolute Gasteiger partial charge is 0.356 e. The SMILES string of the molecule is CCNc1nccn1C1CCS(=O)(=O)CC1. The van der Waals surface area contributed by atoms with Crippen molar-refractivity contribution in [1.29, 1.82) is 0 Å². The fourth-order valence-electron chi connectivity index (χ4n) is 2.06. The number of rotatable bonds is 3. The Bertz CT molecular complexity index is 438. The van der Waals surface area contributed by atoms with Gasteiger partial charge in [0.15, 0.2) is 0 Å². The van der Waals surface area contributed by atoms with Gasteiger partial charge in [-0.15, -0.1) is 0 Å². The topological polar surface area (TPSA) is 64.0 Å². The average molecular weight is 243 g/mol. The summed E-state index contributed by atoms with van der Waals surface area (Å²) in [7, 11) is -2.79. The van der Waals surface area contributed by atoms with Crippen molar-refractivity contribution in [3.8, 4) is 0 Å². The molecule has 0 amide bonds. The molecule has 0 saturated carbocycles. The van der Waals surface area contributed by atoms with Crippen molar-refractivity contribution in [1.82, 2.24) is 9.55 Å². The van der Waals surface area contributed by atoms with E-state index in [4.69, 9.17) is 0 Å². The van der Waals surface area contributed by atoms with Crippen LogP contribution in [0.3, 0.4) is 0 Å². The van der Waals surface area contributed by atoms with Crippen LogP contribution in [0.2, 0.25) is 0 Å². The predicted molar refractivity (Wildman–Crippen MR) is 63.3 cm³/mol. The Balaban J connectivity index is 2.11. The van der Waals surface area contributed by atoms with Gasteiger partial charge < -0.3 is 9.88 Å². The third-order valence-electron chi connectivity index (χ3n) is 2.92. The Kier molecular flexibility index (Phi) is 3.18. The number of sulfone groups is 1. The van der Waals surface area contributed by atoms with E-state index in [1.165, 1.54) is 0 Å². The maximum Gasteiger partial charge on any atom is 0.203 e. The first-order valence-corrected chi connectivity index (χ1v) is 7.41. The van der Waals surface area contributed by atoms with E-state index >= 15 is 0 Å². The second-order valence-electron chi connectivity index (χ2n) is 4.07. The predicted octanol–water partition coefficient (Wildman–Crippen LogP) is 1.06. The molecular weight excluding hydrogens is 226 g/mol. The summed E-state index contributed by atoms with van der Waals surface area (Å²) in [5, 5.41) is 3.18. The number of hydrogen-bond donors (Lipinski definition) is 1. The van der Waals surface area contributed by atoms with Gasteiger partial charge >= 0.3 is 0 Å². The molecule has 0 radical (unpaired) electrons. The summed E-state index contributed by atoms with van der Waals surface area (Å²) >= 11 is 0. The van der Waals surface area contributed by atoms with Crippen LogP contribution in [0, 0.1) is 0 Å². The van der Waals surface area contributed by atoms with Gasteiger partial charge in [0, 0.05) is 25.0 Å². The molecule has 5 nitrogen and oxygen atoms in total. The first kappa shape index (κ1) is 11.4. The van der Waals surface area contributed by atoms with Crippen LogP contribution in [-0.4, -0.2) is 36.0 Å². The lowest BCUT2D eigenvalue weighted by molar-refractivity contribution is 0.453. The van der Waals surface area contributed by atoms with E-state index in [9.17, 15) is 8.42 Å². The summed E-state index contributed by atoms with van der Waals surface area (Å²) in [6.45, 7) is 2.84. The van der Waals surface area contributed by atoms with E-state index < -0.39 is 9.84 Å². The normalized spacial score (nSPS) is 20.8. The fourth-order valence-corrected chi connectivity index (χ4v) is 3.52. The van der Waals surface area contributed by atoms with E-state index in [1.807, 2.05) is 13.1 Å². The van der Waals surface area contributed by atoms with E-state index in [0.29, 0.717) is 24.3 Å². The van der Waals surface area contributed by atoms with Crippen molar-refractivity contribution >= 4 is 15.8 Å². The maximum atomic E-state index is 11.3. The van der Waals surface area contributed by atoms with Crippen LogP contribution in [0.5, 0.6) is 0 Å². The van der Waals surface area contributed by atoms with Crippen LogP contribution < -0.4 is 5.32 Å². The Morgan fingerprint density at radius 3 is 2.81 bits per heavy atom. The molecule has 2 rings (SSSR count). The molecule has 2 heterocycles. The lowest BCUT2D eigenvalue weighted by atomic mass is 10.1. The number of imidazole rings is 1. The van der Waals surface area contributed by atoms with Crippen LogP contribution in [0.15, 0.2) is 12.4 Å². The minimum atomic E-state index is -2.79. The van der Waals surface area contributed by atoms with Crippen molar-refractivity contribution in [3.05, 3.63) is 12.4 Å². The molecule has 1 aliphatic rings. The van der Waals surface area contributed by atoms with Crippen molar-refractivity contribution in [2.75, 3.05) is 23.4 Å². The molecular formula is C10H17N3O2S. The van der Waals surface area contributed by atoms with Gasteiger partial charge in [-0.25, -0.2) is 13.4 Å². The zero-order valence-electron chi connectivity index (χ0n) is 9.39. The summed E-state index contributed by atoms with van der Waals surface area (Å²) in [6.07, 6.45) is 5.05. The second kappa shape index (κ2) is 4.45. The molecule has 1 aromatic heterocycles. The third-order valence-corrected chi connectivity index (χ3v) is 4.64. The lowest BCUT2D eigenvalue weighted by Gasteiger charge is -2.24. The summed E-state index contributed by atoms with van der Waals surface area (Å²) in [5.74, 6) is 1.43. The van der Waals surface area contributed by atoms with E-state index in [-0.39, 0.29) is 6.04 Å². The number of hydrogen-bond acceptors (Lipinski definition) is 4. The Hall–Kier alpha value is -1.04. The van der Waals surface area contributed by atoms with Gasteiger partial charge in [0.1, 0.15) is 9.84 Å². The molecule has 0 unspecified atom stereocenters. The van der Waals surface area contributed by atoms with Crippen molar-refractivity contribution in [3.63, 3.8) is 0 Å². The minimum absolute atomic E-state index is 0.264. The van der Waals surface area contributed by atoms with Crippen LogP contribution in [0.25, 0.3) is 0 Å². The van der Waals surface area contributed by atoms with Crippen LogP contribution in [0.1, 0.15) is 25.8 Å². The summed E-state index contributed by atoms with van der Waals surface area (Å²) < 4.78 is 24.7. The molecule has 0 atom stereocenters. The van der Waals surface area contributed by atoms with Gasteiger partial charge in [0.25, 0.3) is 0 Å². The number of anilines is 1. The molecule has 1 fully saturated rings. The maximum absolute atomic E-state index is 11.3. The van der Waals surface area contributed by atoms with Gasteiger partial charge in [0.2, 0.25) is 5.95 Å². The zero-order chi connectivity index (χ0) is 11.6. The highest BCUT2D eigenvalue weighted by molar-refractivity contribution is 7.91. The molecule has 0 spiro atoms. The van der Waals surface area contributed by atoms with Crippen molar-refractivity contribution in [2.45, 2.75) is 25.8 Å². The fraction of sp³-hybridized carbons (Fsp3) is 0.700. The molecule has 0 aromatic carbocycles. The highest BCUT2D eigenvalue weighted by atomic mass is 32.2. The van der Waals surface area contributed by atoms with Gasteiger partial charge in [-0.2, -0.15) is 0 Å². The molecule has 1 aromatic rings. The Labute approximate surface area is 95.8 Å². The monoisotopic (exact) mass is 243 g/mol. The van der Waals surface area contributed by atoms with Crippen molar-refractivity contribution in [2.24, 2.45) is 0 Å². The van der Waals surface area contributed by atoms with Crippen molar-refractivity contribution < 1.29 is 8.42 Å². The number of nitrogens with zero attached hydrogens (tertiary/aromatic N) is 2. The zero-order valence-corrected chi connectivity index (χ0v) is 10.2. The van der Waals surface area contributed by atoms with Gasteiger partial charge in [-0.05, 0) is 19.8 Å². The smallest absolute Gasteiger partial charge is 0.203 e. The third kappa shape index (κ3) is 2.37. The van der Waals surface area contributed by atoms with E-state index in [1.54, 1.807) is 6.20 Å².